The zero-order valence-electron chi connectivity index (χ0n) is 18.6. The standard InChI is InChI=1S/C28H26ClNOS2/c1-2-12-30(13-5-8-22-6-3-9-26(29)15-22)18-23-7-4-10-27(16-23)31-19-28-17-25(21-33-28)24-11-14-32-20-24/h3-4,6-7,9-11,14-17,20-21H,2,12-13,18-19H2,1H3. The van der Waals surface area contributed by atoms with Gasteiger partial charge < -0.3 is 4.74 Å². The van der Waals surface area contributed by atoms with Crippen LogP contribution in [0.1, 0.15) is 29.3 Å². The van der Waals surface area contributed by atoms with Crippen LogP contribution in [0.2, 0.25) is 5.02 Å². The molecule has 0 spiro atoms. The average Bonchev–Trinajstić information content (AvgIpc) is 3.50. The third kappa shape index (κ3) is 7.22. The summed E-state index contributed by atoms with van der Waals surface area (Å²) in [7, 11) is 0. The van der Waals surface area contributed by atoms with E-state index < -0.39 is 0 Å². The topological polar surface area (TPSA) is 12.5 Å². The molecule has 0 aliphatic rings. The number of hydrogen-bond donors (Lipinski definition) is 0. The highest BCUT2D eigenvalue weighted by Crippen LogP contribution is 2.28. The van der Waals surface area contributed by atoms with Gasteiger partial charge in [-0.05, 0) is 88.3 Å². The smallest absolute Gasteiger partial charge is 0.122 e. The molecule has 0 aliphatic carbocycles. The second kappa shape index (κ2) is 12.1. The van der Waals surface area contributed by atoms with Gasteiger partial charge in [0.15, 0.2) is 0 Å². The van der Waals surface area contributed by atoms with Crippen molar-refractivity contribution in [3.63, 3.8) is 0 Å². The molecule has 4 aromatic rings. The maximum Gasteiger partial charge on any atom is 0.122 e. The largest absolute Gasteiger partial charge is 0.488 e. The average molecular weight is 492 g/mol. The van der Waals surface area contributed by atoms with Crippen molar-refractivity contribution in [3.05, 3.63) is 97.8 Å². The van der Waals surface area contributed by atoms with Gasteiger partial charge in [0.05, 0.1) is 6.54 Å². The van der Waals surface area contributed by atoms with Crippen molar-refractivity contribution < 1.29 is 4.74 Å². The summed E-state index contributed by atoms with van der Waals surface area (Å²) < 4.78 is 6.11. The molecule has 0 aliphatic heterocycles. The first-order chi connectivity index (χ1) is 16.2. The van der Waals surface area contributed by atoms with E-state index >= 15 is 0 Å². The first-order valence-electron chi connectivity index (χ1n) is 11.0. The van der Waals surface area contributed by atoms with Crippen molar-refractivity contribution in [1.29, 1.82) is 0 Å². The summed E-state index contributed by atoms with van der Waals surface area (Å²) in [6.45, 7) is 5.34. The molecule has 0 saturated carbocycles. The van der Waals surface area contributed by atoms with Crippen LogP contribution in [0.15, 0.2) is 76.8 Å². The molecule has 0 bridgehead atoms. The number of hydrogen-bond acceptors (Lipinski definition) is 4. The summed E-state index contributed by atoms with van der Waals surface area (Å²) in [6.07, 6.45) is 1.08. The Bertz CT molecular complexity index is 1220. The first kappa shape index (κ1) is 23.6. The first-order valence-corrected chi connectivity index (χ1v) is 13.2. The molecule has 0 unspecified atom stereocenters. The van der Waals surface area contributed by atoms with Gasteiger partial charge in [-0.25, -0.2) is 0 Å². The molecule has 0 atom stereocenters. The van der Waals surface area contributed by atoms with Crippen LogP contribution in [-0.2, 0) is 13.2 Å². The number of halogens is 1. The molecule has 0 amide bonds. The Hall–Kier alpha value is -2.55. The number of nitrogens with zero attached hydrogens (tertiary/aromatic N) is 1. The summed E-state index contributed by atoms with van der Waals surface area (Å²) >= 11 is 9.53. The van der Waals surface area contributed by atoms with Crippen LogP contribution < -0.4 is 4.74 Å². The zero-order chi connectivity index (χ0) is 22.9. The van der Waals surface area contributed by atoms with Gasteiger partial charge in [0.2, 0.25) is 0 Å². The van der Waals surface area contributed by atoms with Crippen LogP contribution >= 0.6 is 34.3 Å². The molecule has 5 heteroatoms. The van der Waals surface area contributed by atoms with Crippen molar-refractivity contribution in [2.45, 2.75) is 26.5 Å². The fourth-order valence-electron chi connectivity index (χ4n) is 3.53. The fraction of sp³-hybridized carbons (Fsp3) is 0.214. The van der Waals surface area contributed by atoms with Gasteiger partial charge in [-0.1, -0.05) is 48.6 Å². The van der Waals surface area contributed by atoms with Crippen molar-refractivity contribution >= 4 is 34.3 Å². The van der Waals surface area contributed by atoms with E-state index in [0.29, 0.717) is 18.2 Å². The SMILES string of the molecule is CCCN(CC#Cc1cccc(Cl)c1)Cc1cccc(OCc2cc(-c3ccsc3)cs2)c1. The van der Waals surface area contributed by atoms with Crippen molar-refractivity contribution in [2.75, 3.05) is 13.1 Å². The molecular formula is C28H26ClNOS2. The molecule has 2 nitrogen and oxygen atoms in total. The van der Waals surface area contributed by atoms with Gasteiger partial charge in [-0.2, -0.15) is 11.3 Å². The Labute approximate surface area is 209 Å². The molecule has 4 rings (SSSR count). The van der Waals surface area contributed by atoms with E-state index in [9.17, 15) is 0 Å². The minimum Gasteiger partial charge on any atom is -0.488 e. The van der Waals surface area contributed by atoms with E-state index in [4.69, 9.17) is 16.3 Å². The van der Waals surface area contributed by atoms with Crippen molar-refractivity contribution in [2.24, 2.45) is 0 Å². The number of ether oxygens (including phenoxy) is 1. The minimum absolute atomic E-state index is 0.585. The predicted molar refractivity (Wildman–Crippen MR) is 142 cm³/mol. The van der Waals surface area contributed by atoms with Gasteiger partial charge in [0.1, 0.15) is 12.4 Å². The fourth-order valence-corrected chi connectivity index (χ4v) is 5.19. The van der Waals surface area contributed by atoms with Crippen LogP contribution in [-0.4, -0.2) is 18.0 Å². The van der Waals surface area contributed by atoms with Crippen LogP contribution in [0, 0.1) is 11.8 Å². The highest BCUT2D eigenvalue weighted by atomic mass is 35.5. The quantitative estimate of drug-likeness (QED) is 0.220. The molecule has 0 radical (unpaired) electrons. The van der Waals surface area contributed by atoms with E-state index in [-0.39, 0.29) is 0 Å². The third-order valence-corrected chi connectivity index (χ3v) is 6.92. The lowest BCUT2D eigenvalue weighted by Crippen LogP contribution is -2.24. The summed E-state index contributed by atoms with van der Waals surface area (Å²) in [6, 6.07) is 20.4. The third-order valence-electron chi connectivity index (χ3n) is 5.09. The Morgan fingerprint density at radius 1 is 1.00 bits per heavy atom. The van der Waals surface area contributed by atoms with Gasteiger partial charge >= 0.3 is 0 Å². The van der Waals surface area contributed by atoms with Gasteiger partial charge in [-0.15, -0.1) is 11.3 Å². The van der Waals surface area contributed by atoms with E-state index in [1.54, 1.807) is 22.7 Å². The zero-order valence-corrected chi connectivity index (χ0v) is 21.0. The maximum atomic E-state index is 6.11. The highest BCUT2D eigenvalue weighted by molar-refractivity contribution is 7.10. The predicted octanol–water partition coefficient (Wildman–Crippen LogP) is 7.97. The van der Waals surface area contributed by atoms with E-state index in [1.165, 1.54) is 21.6 Å². The van der Waals surface area contributed by atoms with E-state index in [1.807, 2.05) is 30.3 Å². The minimum atomic E-state index is 0.585. The molecule has 0 fully saturated rings. The Kier molecular flexibility index (Phi) is 8.63. The normalized spacial score (nSPS) is 10.8. The molecule has 0 N–H and O–H groups in total. The summed E-state index contributed by atoms with van der Waals surface area (Å²) in [5.41, 5.74) is 4.72. The van der Waals surface area contributed by atoms with Crippen LogP contribution in [0.4, 0.5) is 0 Å². The molecule has 2 aromatic carbocycles. The van der Waals surface area contributed by atoms with Crippen LogP contribution in [0.25, 0.3) is 11.1 Å². The Morgan fingerprint density at radius 2 is 1.91 bits per heavy atom. The van der Waals surface area contributed by atoms with Crippen LogP contribution in [0.5, 0.6) is 5.75 Å². The molecular weight excluding hydrogens is 466 g/mol. The lowest BCUT2D eigenvalue weighted by Gasteiger charge is -2.19. The molecule has 2 aromatic heterocycles. The molecule has 33 heavy (non-hydrogen) atoms. The Morgan fingerprint density at radius 3 is 2.73 bits per heavy atom. The lowest BCUT2D eigenvalue weighted by molar-refractivity contribution is 0.294. The number of thiophene rings is 2. The van der Waals surface area contributed by atoms with Gasteiger partial charge in [0.25, 0.3) is 0 Å². The van der Waals surface area contributed by atoms with Crippen molar-refractivity contribution in [1.82, 2.24) is 4.90 Å². The monoisotopic (exact) mass is 491 g/mol. The summed E-state index contributed by atoms with van der Waals surface area (Å²) in [5.74, 6) is 7.42. The van der Waals surface area contributed by atoms with E-state index in [2.05, 4.69) is 70.1 Å². The maximum absolute atomic E-state index is 6.11. The lowest BCUT2D eigenvalue weighted by atomic mass is 10.2. The number of benzene rings is 2. The molecule has 0 saturated heterocycles. The van der Waals surface area contributed by atoms with Crippen molar-refractivity contribution in [3.8, 4) is 28.7 Å². The van der Waals surface area contributed by atoms with Gasteiger partial charge in [-0.3, -0.25) is 4.90 Å². The molecule has 168 valence electrons. The summed E-state index contributed by atoms with van der Waals surface area (Å²) in [5, 5.41) is 7.20. The second-order valence-electron chi connectivity index (χ2n) is 7.77. The highest BCUT2D eigenvalue weighted by Gasteiger charge is 2.07. The Balaban J connectivity index is 1.34. The van der Waals surface area contributed by atoms with Crippen LogP contribution in [0.3, 0.4) is 0 Å². The second-order valence-corrected chi connectivity index (χ2v) is 9.98. The molecule has 2 heterocycles. The van der Waals surface area contributed by atoms with E-state index in [0.717, 1.165) is 30.8 Å². The summed E-state index contributed by atoms with van der Waals surface area (Å²) in [4.78, 5) is 3.59. The van der Waals surface area contributed by atoms with Gasteiger partial charge in [0, 0.05) is 22.0 Å². The number of rotatable bonds is 9.